The van der Waals surface area contributed by atoms with Crippen LogP contribution >= 0.6 is 11.8 Å². The van der Waals surface area contributed by atoms with E-state index < -0.39 is 0 Å². The van der Waals surface area contributed by atoms with Crippen LogP contribution in [0.25, 0.3) is 0 Å². The first-order chi connectivity index (χ1) is 5.81. The summed E-state index contributed by atoms with van der Waals surface area (Å²) < 4.78 is 5.37. The summed E-state index contributed by atoms with van der Waals surface area (Å²) in [5.74, 6) is 0. The third-order valence-electron chi connectivity index (χ3n) is 2.16. The number of hydrogen-bond donors (Lipinski definition) is 0. The van der Waals surface area contributed by atoms with Gasteiger partial charge in [0, 0.05) is 4.90 Å². The van der Waals surface area contributed by atoms with E-state index in [1.54, 1.807) is 11.8 Å². The third kappa shape index (κ3) is 1.50. The summed E-state index contributed by atoms with van der Waals surface area (Å²) >= 11 is 1.77. The Morgan fingerprint density at radius 1 is 1.25 bits per heavy atom. The maximum Gasteiger partial charge on any atom is 0.109 e. The standard InChI is InChI=1S/C10H12OS/c1-7-10(11-7)8-3-5-9(12-2)6-4-8/h3-7,10H,1-2H3/t7-,10-/m0/s1. The van der Waals surface area contributed by atoms with E-state index in [9.17, 15) is 0 Å². The minimum Gasteiger partial charge on any atom is -0.365 e. The third-order valence-corrected chi connectivity index (χ3v) is 2.90. The van der Waals surface area contributed by atoms with E-state index in [2.05, 4.69) is 37.4 Å². The van der Waals surface area contributed by atoms with Crippen molar-refractivity contribution >= 4 is 11.8 Å². The molecular weight excluding hydrogens is 168 g/mol. The molecule has 1 aliphatic heterocycles. The van der Waals surface area contributed by atoms with Crippen molar-refractivity contribution in [2.24, 2.45) is 0 Å². The van der Waals surface area contributed by atoms with Crippen molar-refractivity contribution in [3.8, 4) is 0 Å². The molecule has 2 rings (SSSR count). The van der Waals surface area contributed by atoms with Gasteiger partial charge in [0.05, 0.1) is 6.10 Å². The summed E-state index contributed by atoms with van der Waals surface area (Å²) in [7, 11) is 0. The molecule has 0 bridgehead atoms. The van der Waals surface area contributed by atoms with Crippen LogP contribution in [0.5, 0.6) is 0 Å². The van der Waals surface area contributed by atoms with Gasteiger partial charge in [0.2, 0.25) is 0 Å². The molecule has 0 aliphatic carbocycles. The zero-order chi connectivity index (χ0) is 8.55. The molecule has 0 unspecified atom stereocenters. The monoisotopic (exact) mass is 180 g/mol. The maximum atomic E-state index is 5.37. The Labute approximate surface area is 77.1 Å². The fraction of sp³-hybridized carbons (Fsp3) is 0.400. The molecule has 1 aromatic rings. The molecule has 0 radical (unpaired) electrons. The highest BCUT2D eigenvalue weighted by molar-refractivity contribution is 7.98. The van der Waals surface area contributed by atoms with Crippen molar-refractivity contribution in [1.29, 1.82) is 0 Å². The van der Waals surface area contributed by atoms with Crippen LogP contribution in [-0.2, 0) is 4.74 Å². The van der Waals surface area contributed by atoms with E-state index in [1.165, 1.54) is 10.5 Å². The Morgan fingerprint density at radius 2 is 1.83 bits per heavy atom. The van der Waals surface area contributed by atoms with E-state index in [-0.39, 0.29) is 0 Å². The van der Waals surface area contributed by atoms with Crippen molar-refractivity contribution in [3.63, 3.8) is 0 Å². The van der Waals surface area contributed by atoms with Gasteiger partial charge >= 0.3 is 0 Å². The van der Waals surface area contributed by atoms with Gasteiger partial charge in [0.25, 0.3) is 0 Å². The van der Waals surface area contributed by atoms with E-state index >= 15 is 0 Å². The molecule has 1 fully saturated rings. The van der Waals surface area contributed by atoms with Gasteiger partial charge in [-0.1, -0.05) is 12.1 Å². The van der Waals surface area contributed by atoms with Crippen molar-refractivity contribution in [2.45, 2.75) is 24.0 Å². The van der Waals surface area contributed by atoms with Crippen LogP contribution in [0.3, 0.4) is 0 Å². The topological polar surface area (TPSA) is 12.5 Å². The molecule has 64 valence electrons. The highest BCUT2D eigenvalue weighted by atomic mass is 32.2. The summed E-state index contributed by atoms with van der Waals surface area (Å²) in [4.78, 5) is 1.31. The Balaban J connectivity index is 2.14. The lowest BCUT2D eigenvalue weighted by Gasteiger charge is -1.97. The summed E-state index contributed by atoms with van der Waals surface area (Å²) in [5, 5.41) is 0. The van der Waals surface area contributed by atoms with Gasteiger partial charge in [-0.15, -0.1) is 11.8 Å². The van der Waals surface area contributed by atoms with Crippen LogP contribution in [0, 0.1) is 0 Å². The largest absolute Gasteiger partial charge is 0.365 e. The molecule has 1 heterocycles. The van der Waals surface area contributed by atoms with Gasteiger partial charge < -0.3 is 4.74 Å². The lowest BCUT2D eigenvalue weighted by Crippen LogP contribution is -1.82. The molecular formula is C10H12OS. The predicted molar refractivity (Wildman–Crippen MR) is 51.5 cm³/mol. The fourth-order valence-corrected chi connectivity index (χ4v) is 1.74. The number of benzene rings is 1. The van der Waals surface area contributed by atoms with Crippen LogP contribution in [0.1, 0.15) is 18.6 Å². The Hall–Kier alpha value is -0.470. The van der Waals surface area contributed by atoms with Gasteiger partial charge in [-0.05, 0) is 30.9 Å². The van der Waals surface area contributed by atoms with E-state index in [4.69, 9.17) is 4.74 Å². The summed E-state index contributed by atoms with van der Waals surface area (Å²) in [5.41, 5.74) is 1.31. The molecule has 12 heavy (non-hydrogen) atoms. The smallest absolute Gasteiger partial charge is 0.109 e. The van der Waals surface area contributed by atoms with Gasteiger partial charge in [-0.25, -0.2) is 0 Å². The van der Waals surface area contributed by atoms with Crippen molar-refractivity contribution in [1.82, 2.24) is 0 Å². The Morgan fingerprint density at radius 3 is 2.25 bits per heavy atom. The molecule has 1 nitrogen and oxygen atoms in total. The highest BCUT2D eigenvalue weighted by Crippen LogP contribution is 2.38. The Bertz CT molecular complexity index is 268. The normalized spacial score (nSPS) is 27.2. The van der Waals surface area contributed by atoms with E-state index in [0.717, 1.165) is 0 Å². The lowest BCUT2D eigenvalue weighted by molar-refractivity contribution is 0.383. The van der Waals surface area contributed by atoms with Crippen LogP contribution in [0.2, 0.25) is 0 Å². The van der Waals surface area contributed by atoms with Crippen LogP contribution < -0.4 is 0 Å². The molecule has 1 aromatic carbocycles. The minimum atomic E-state index is 0.362. The number of thioether (sulfide) groups is 1. The van der Waals surface area contributed by atoms with Gasteiger partial charge in [0.1, 0.15) is 6.10 Å². The molecule has 0 saturated carbocycles. The molecule has 0 N–H and O–H groups in total. The molecule has 1 aliphatic rings. The molecule has 2 heteroatoms. The second-order valence-corrected chi connectivity index (χ2v) is 3.91. The second-order valence-electron chi connectivity index (χ2n) is 3.03. The molecule has 0 spiro atoms. The predicted octanol–water partition coefficient (Wildman–Crippen LogP) is 2.87. The van der Waals surface area contributed by atoms with Crippen molar-refractivity contribution < 1.29 is 4.74 Å². The number of epoxide rings is 1. The first-order valence-corrected chi connectivity index (χ1v) is 5.33. The summed E-state index contributed by atoms with van der Waals surface area (Å²) in [6.45, 7) is 2.10. The average Bonchev–Trinajstić information content (AvgIpc) is 2.83. The first-order valence-electron chi connectivity index (χ1n) is 4.10. The Kier molecular flexibility index (Phi) is 2.11. The van der Waals surface area contributed by atoms with Gasteiger partial charge in [0.15, 0.2) is 0 Å². The van der Waals surface area contributed by atoms with E-state index in [1.807, 2.05) is 0 Å². The van der Waals surface area contributed by atoms with Gasteiger partial charge in [-0.3, -0.25) is 0 Å². The number of ether oxygens (including phenoxy) is 1. The van der Waals surface area contributed by atoms with Crippen LogP contribution in [0.4, 0.5) is 0 Å². The summed E-state index contributed by atoms with van der Waals surface area (Å²) in [6, 6.07) is 8.60. The summed E-state index contributed by atoms with van der Waals surface area (Å²) in [6.07, 6.45) is 2.87. The zero-order valence-corrected chi connectivity index (χ0v) is 8.10. The van der Waals surface area contributed by atoms with Crippen molar-refractivity contribution in [3.05, 3.63) is 29.8 Å². The molecule has 0 amide bonds. The molecule has 0 aromatic heterocycles. The minimum absolute atomic E-state index is 0.362. The lowest BCUT2D eigenvalue weighted by atomic mass is 10.1. The van der Waals surface area contributed by atoms with Gasteiger partial charge in [-0.2, -0.15) is 0 Å². The number of hydrogen-bond acceptors (Lipinski definition) is 2. The quantitative estimate of drug-likeness (QED) is 0.512. The number of rotatable bonds is 2. The van der Waals surface area contributed by atoms with Crippen LogP contribution in [0.15, 0.2) is 29.2 Å². The average molecular weight is 180 g/mol. The van der Waals surface area contributed by atoms with E-state index in [0.29, 0.717) is 12.2 Å². The second kappa shape index (κ2) is 3.11. The fourth-order valence-electron chi connectivity index (χ4n) is 1.33. The zero-order valence-electron chi connectivity index (χ0n) is 7.28. The van der Waals surface area contributed by atoms with Crippen LogP contribution in [-0.4, -0.2) is 12.4 Å². The maximum absolute atomic E-state index is 5.37. The molecule has 1 saturated heterocycles. The SMILES string of the molecule is CSc1ccc([C@H]2O[C@H]2C)cc1. The van der Waals surface area contributed by atoms with Crippen molar-refractivity contribution in [2.75, 3.05) is 6.26 Å². The highest BCUT2D eigenvalue weighted by Gasteiger charge is 2.35. The first kappa shape index (κ1) is 8.14. The molecule has 2 atom stereocenters.